The fraction of sp³-hybridized carbons (Fsp3) is 0. The average molecular weight is 127 g/mol. The third-order valence-electron chi connectivity index (χ3n) is 0.267. The Morgan fingerprint density at radius 2 is 1.86 bits per heavy atom. The molecule has 7 heavy (non-hydrogen) atoms. The zero-order valence-corrected chi connectivity index (χ0v) is 4.07. The molecule has 5 nitrogen and oxygen atoms in total. The normalized spacial score (nSPS) is 18.0. The molecule has 0 bridgehead atoms. The van der Waals surface area contributed by atoms with Gasteiger partial charge in [0.1, 0.15) is 0 Å². The second-order valence-corrected chi connectivity index (χ2v) is 2.37. The highest BCUT2D eigenvalue weighted by Gasteiger charge is 2.29. The van der Waals surface area contributed by atoms with Crippen molar-refractivity contribution in [3.63, 3.8) is 0 Å². The Bertz CT molecular complexity index is 120. The number of carbonyl (C=O) groups is 1. The van der Waals surface area contributed by atoms with E-state index in [1.807, 2.05) is 0 Å². The quantitative estimate of drug-likeness (QED) is 0.303. The minimum absolute atomic E-state index is 1.84. The maximum absolute atomic E-state index is 9.49. The minimum Gasteiger partial charge on any atom is -0.723 e. The van der Waals surface area contributed by atoms with Gasteiger partial charge in [0.25, 0.3) is 0 Å². The highest BCUT2D eigenvalue weighted by molar-refractivity contribution is 7.68. The Morgan fingerprint density at radius 3 is 1.86 bits per heavy atom. The zero-order valence-electron chi connectivity index (χ0n) is 3.17. The van der Waals surface area contributed by atoms with Crippen molar-refractivity contribution >= 4 is 13.3 Å². The molecule has 0 saturated carbocycles. The van der Waals surface area contributed by atoms with Crippen LogP contribution in [0.4, 0.5) is 4.79 Å². The molecule has 0 rings (SSSR count). The first-order chi connectivity index (χ1) is 2.94. The molecule has 0 aliphatic heterocycles. The third-order valence-corrected chi connectivity index (χ3v) is 0.802. The average Bonchev–Trinajstić information content (AvgIpc) is 1.31. The second kappa shape index (κ2) is 1.61. The molecule has 0 radical (unpaired) electrons. The van der Waals surface area contributed by atoms with Gasteiger partial charge in [0, 0.05) is 0 Å². The van der Waals surface area contributed by atoms with Crippen molar-refractivity contribution in [1.29, 1.82) is 0 Å². The van der Waals surface area contributed by atoms with E-state index in [4.69, 9.17) is 10.00 Å². The van der Waals surface area contributed by atoms with Gasteiger partial charge in [0.15, 0.2) is 0 Å². The first-order valence-corrected chi connectivity index (χ1v) is 2.89. The van der Waals surface area contributed by atoms with Crippen LogP contribution in [0.2, 0.25) is 0 Å². The van der Waals surface area contributed by atoms with Crippen LogP contribution in [0.1, 0.15) is 0 Å². The Kier molecular flexibility index (Phi) is 1.53. The summed E-state index contributed by atoms with van der Waals surface area (Å²) in [6, 6.07) is 0. The molecule has 1 atom stereocenters. The predicted octanol–water partition coefficient (Wildman–Crippen LogP) is -1.89. The van der Waals surface area contributed by atoms with Gasteiger partial charge >= 0.3 is 13.3 Å². The molecule has 0 spiro atoms. The molecule has 0 aromatic rings. The molecule has 0 aromatic carbocycles. The van der Waals surface area contributed by atoms with E-state index in [2.05, 4.69) is 0 Å². The SMILES string of the molecule is O=C([OH2+])P(=O)([O-])[OH2+]. The highest BCUT2D eigenvalue weighted by Crippen LogP contribution is 2.28. The standard InChI is InChI=1S/CH3O5P/c2-1(3)7(4,5)6/h(H,2,3)(H2,4,5,6)/p+1. The molecule has 42 valence electrons. The van der Waals surface area contributed by atoms with E-state index in [9.17, 15) is 14.3 Å². The molecule has 1 unspecified atom stereocenters. The number of hydrogen-bond acceptors (Lipinski definition) is 3. The summed E-state index contributed by atoms with van der Waals surface area (Å²) >= 11 is 0. The molecule has 0 fully saturated rings. The maximum atomic E-state index is 9.49. The van der Waals surface area contributed by atoms with E-state index in [0.29, 0.717) is 0 Å². The predicted molar refractivity (Wildman–Crippen MR) is 20.2 cm³/mol. The van der Waals surface area contributed by atoms with Gasteiger partial charge in [-0.15, -0.1) is 0 Å². The lowest BCUT2D eigenvalue weighted by Crippen LogP contribution is -2.07. The van der Waals surface area contributed by atoms with Gasteiger partial charge in [-0.3, -0.25) is 0 Å². The summed E-state index contributed by atoms with van der Waals surface area (Å²) in [6.45, 7) is 0. The van der Waals surface area contributed by atoms with Crippen molar-refractivity contribution in [3.8, 4) is 0 Å². The first-order valence-electron chi connectivity index (χ1n) is 1.27. The third kappa shape index (κ3) is 2.33. The summed E-state index contributed by atoms with van der Waals surface area (Å²) < 4.78 is 9.49. The minimum atomic E-state index is -4.71. The Balaban J connectivity index is 4.09. The topological polar surface area (TPSA) is 103 Å². The van der Waals surface area contributed by atoms with E-state index < -0.39 is 13.3 Å². The van der Waals surface area contributed by atoms with Crippen LogP contribution >= 0.6 is 7.60 Å². The number of carbonyl (C=O) groups excluding carboxylic acids is 1. The molecule has 0 aliphatic rings. The van der Waals surface area contributed by atoms with Crippen LogP contribution in [0.3, 0.4) is 0 Å². The van der Waals surface area contributed by atoms with Gasteiger partial charge in [-0.25, -0.2) is 4.57 Å². The van der Waals surface area contributed by atoms with Crippen LogP contribution in [-0.2, 0) is 4.57 Å². The van der Waals surface area contributed by atoms with Gasteiger partial charge in [-0.05, 0) is 0 Å². The van der Waals surface area contributed by atoms with Crippen molar-refractivity contribution in [2.45, 2.75) is 0 Å². The van der Waals surface area contributed by atoms with E-state index >= 15 is 0 Å². The van der Waals surface area contributed by atoms with Crippen LogP contribution < -0.4 is 4.89 Å². The lowest BCUT2D eigenvalue weighted by atomic mass is 11.6. The lowest BCUT2D eigenvalue weighted by molar-refractivity contribution is -0.190. The fourth-order valence-electron chi connectivity index (χ4n) is 0. The van der Waals surface area contributed by atoms with Crippen molar-refractivity contribution in [2.75, 3.05) is 0 Å². The molecule has 0 aromatic heterocycles. The number of hydrogen-bond donors (Lipinski definition) is 0. The van der Waals surface area contributed by atoms with Crippen molar-refractivity contribution in [2.24, 2.45) is 0 Å². The molecule has 4 N–H and O–H groups in total. The second-order valence-electron chi connectivity index (χ2n) is 0.857. The van der Waals surface area contributed by atoms with Gasteiger partial charge < -0.3 is 14.9 Å². The summed E-state index contributed by atoms with van der Waals surface area (Å²) in [5, 5.41) is 5.83. The molecule has 6 heteroatoms. The summed E-state index contributed by atoms with van der Waals surface area (Å²) in [7, 11) is -4.71. The first kappa shape index (κ1) is 6.62. The summed E-state index contributed by atoms with van der Waals surface area (Å²) in [5.74, 6) is 0. The monoisotopic (exact) mass is 127 g/mol. The van der Waals surface area contributed by atoms with Crippen LogP contribution in [0.15, 0.2) is 0 Å². The zero-order chi connectivity index (χ0) is 6.08. The van der Waals surface area contributed by atoms with Crippen molar-refractivity contribution in [3.05, 3.63) is 0 Å². The summed E-state index contributed by atoms with van der Waals surface area (Å²) in [6.07, 6.45) is 0. The van der Waals surface area contributed by atoms with Crippen LogP contribution in [-0.4, -0.2) is 15.7 Å². The lowest BCUT2D eigenvalue weighted by Gasteiger charge is -1.94. The molecule has 0 saturated heterocycles. The van der Waals surface area contributed by atoms with E-state index in [1.165, 1.54) is 0 Å². The summed E-state index contributed by atoms with van der Waals surface area (Å²) in [4.78, 5) is 24.7. The van der Waals surface area contributed by atoms with Crippen LogP contribution in [0, 0.1) is 0 Å². The summed E-state index contributed by atoms with van der Waals surface area (Å²) in [5.41, 5.74) is -1.84. The maximum Gasteiger partial charge on any atom is 0.635 e. The Labute approximate surface area is 38.7 Å². The van der Waals surface area contributed by atoms with E-state index in [0.717, 1.165) is 0 Å². The van der Waals surface area contributed by atoms with Crippen molar-refractivity contribution in [1.82, 2.24) is 0 Å². The molecular weight excluding hydrogens is 123 g/mol. The Hall–Kier alpha value is -0.380. The fourth-order valence-corrected chi connectivity index (χ4v) is 0. The molecule has 0 amide bonds. The molecular formula is CH4O5P+. The van der Waals surface area contributed by atoms with Gasteiger partial charge in [-0.1, -0.05) is 0 Å². The van der Waals surface area contributed by atoms with Gasteiger partial charge in [0.05, 0.1) is 4.79 Å². The van der Waals surface area contributed by atoms with Crippen LogP contribution in [0.5, 0.6) is 0 Å². The van der Waals surface area contributed by atoms with E-state index in [1.54, 1.807) is 0 Å². The van der Waals surface area contributed by atoms with E-state index in [-0.39, 0.29) is 0 Å². The van der Waals surface area contributed by atoms with Gasteiger partial charge in [-0.2, -0.15) is 0 Å². The Morgan fingerprint density at radius 1 is 1.71 bits per heavy atom. The molecule has 0 aliphatic carbocycles. The molecule has 0 heterocycles. The largest absolute Gasteiger partial charge is 0.723 e. The number of rotatable bonds is 1. The van der Waals surface area contributed by atoms with Crippen molar-refractivity contribution < 1.29 is 24.3 Å². The highest BCUT2D eigenvalue weighted by atomic mass is 31.2. The smallest absolute Gasteiger partial charge is 0.635 e. The van der Waals surface area contributed by atoms with Gasteiger partial charge in [0.2, 0.25) is 0 Å². The van der Waals surface area contributed by atoms with Crippen LogP contribution in [0.25, 0.3) is 0 Å².